The van der Waals surface area contributed by atoms with Gasteiger partial charge >= 0.3 is 0 Å². The lowest BCUT2D eigenvalue weighted by Crippen LogP contribution is -2.47. The lowest BCUT2D eigenvalue weighted by atomic mass is 10.2. The standard InChI is InChI=1S/C21H28ClN3O2S/c1-17-4-5-18(2)21(16-17)28(26,27)23-10-3-11-24-12-14-25(15-13-24)20-8-6-19(22)7-9-20/h4-9,16,23H,3,10-15H2,1-2H3. The Balaban J connectivity index is 1.42. The molecule has 1 N–H and O–H groups in total. The van der Waals surface area contributed by atoms with E-state index in [9.17, 15) is 8.42 Å². The Morgan fingerprint density at radius 2 is 1.68 bits per heavy atom. The monoisotopic (exact) mass is 421 g/mol. The number of piperazine rings is 1. The van der Waals surface area contributed by atoms with Crippen molar-refractivity contribution in [1.29, 1.82) is 0 Å². The first-order chi connectivity index (χ1) is 13.3. The van der Waals surface area contributed by atoms with Gasteiger partial charge in [0.2, 0.25) is 10.0 Å². The molecule has 5 nitrogen and oxygen atoms in total. The predicted molar refractivity (Wildman–Crippen MR) is 116 cm³/mol. The highest BCUT2D eigenvalue weighted by Crippen LogP contribution is 2.20. The molecule has 1 aliphatic rings. The minimum absolute atomic E-state index is 0.379. The fraction of sp³-hybridized carbons (Fsp3) is 0.429. The van der Waals surface area contributed by atoms with Crippen molar-refractivity contribution in [3.05, 3.63) is 58.6 Å². The van der Waals surface area contributed by atoms with Gasteiger partial charge in [-0.15, -0.1) is 0 Å². The van der Waals surface area contributed by atoms with E-state index < -0.39 is 10.0 Å². The third-order valence-corrected chi connectivity index (χ3v) is 7.00. The Bertz CT molecular complexity index is 892. The molecule has 0 bridgehead atoms. The molecule has 0 aliphatic carbocycles. The summed E-state index contributed by atoms with van der Waals surface area (Å²) in [6.45, 7) is 8.97. The van der Waals surface area contributed by atoms with Gasteiger partial charge in [0.05, 0.1) is 4.90 Å². The van der Waals surface area contributed by atoms with E-state index in [1.165, 1.54) is 5.69 Å². The highest BCUT2D eigenvalue weighted by Gasteiger charge is 2.18. The summed E-state index contributed by atoms with van der Waals surface area (Å²) >= 11 is 5.96. The lowest BCUT2D eigenvalue weighted by Gasteiger charge is -2.36. The molecule has 2 aromatic carbocycles. The van der Waals surface area contributed by atoms with E-state index in [1.807, 2.05) is 38.1 Å². The Kier molecular flexibility index (Phi) is 6.99. The number of benzene rings is 2. The van der Waals surface area contributed by atoms with Gasteiger partial charge in [0.1, 0.15) is 0 Å². The third kappa shape index (κ3) is 5.47. The number of sulfonamides is 1. The summed E-state index contributed by atoms with van der Waals surface area (Å²) in [6.07, 6.45) is 0.797. The van der Waals surface area contributed by atoms with Gasteiger partial charge in [-0.05, 0) is 68.3 Å². The van der Waals surface area contributed by atoms with E-state index in [1.54, 1.807) is 6.07 Å². The molecule has 152 valence electrons. The minimum atomic E-state index is -3.45. The molecule has 28 heavy (non-hydrogen) atoms. The maximum atomic E-state index is 12.5. The first kappa shape index (κ1) is 21.1. The van der Waals surface area contributed by atoms with Gasteiger partial charge in [0.25, 0.3) is 0 Å². The van der Waals surface area contributed by atoms with Crippen LogP contribution in [0, 0.1) is 13.8 Å². The fourth-order valence-corrected chi connectivity index (χ4v) is 4.99. The molecule has 1 fully saturated rings. The van der Waals surface area contributed by atoms with Gasteiger partial charge in [0.15, 0.2) is 0 Å². The fourth-order valence-electron chi connectivity index (χ4n) is 3.47. The molecule has 0 atom stereocenters. The van der Waals surface area contributed by atoms with Crippen molar-refractivity contribution in [2.24, 2.45) is 0 Å². The smallest absolute Gasteiger partial charge is 0.240 e. The van der Waals surface area contributed by atoms with E-state index in [0.717, 1.165) is 55.3 Å². The second kappa shape index (κ2) is 9.27. The van der Waals surface area contributed by atoms with Gasteiger partial charge < -0.3 is 4.90 Å². The van der Waals surface area contributed by atoms with Gasteiger partial charge in [-0.3, -0.25) is 4.90 Å². The molecule has 0 unspecified atom stereocenters. The van der Waals surface area contributed by atoms with Crippen molar-refractivity contribution >= 4 is 27.3 Å². The maximum absolute atomic E-state index is 12.5. The molecule has 0 aromatic heterocycles. The summed E-state index contributed by atoms with van der Waals surface area (Å²) in [5.74, 6) is 0. The predicted octanol–water partition coefficient (Wildman–Crippen LogP) is 3.45. The van der Waals surface area contributed by atoms with E-state index >= 15 is 0 Å². The summed E-state index contributed by atoms with van der Waals surface area (Å²) in [4.78, 5) is 5.12. The molecular weight excluding hydrogens is 394 g/mol. The molecule has 0 spiro atoms. The van der Waals surface area contributed by atoms with Crippen LogP contribution in [0.25, 0.3) is 0 Å². The van der Waals surface area contributed by atoms with Crippen LogP contribution in [0.3, 0.4) is 0 Å². The Hall–Kier alpha value is -1.60. The minimum Gasteiger partial charge on any atom is -0.369 e. The van der Waals surface area contributed by atoms with Crippen LogP contribution in [-0.2, 0) is 10.0 Å². The molecule has 1 saturated heterocycles. The first-order valence-electron chi connectivity index (χ1n) is 9.65. The van der Waals surface area contributed by atoms with Crippen molar-refractivity contribution < 1.29 is 8.42 Å². The largest absolute Gasteiger partial charge is 0.369 e. The number of hydrogen-bond acceptors (Lipinski definition) is 4. The number of halogens is 1. The van der Waals surface area contributed by atoms with Crippen LogP contribution >= 0.6 is 11.6 Å². The van der Waals surface area contributed by atoms with Crippen molar-refractivity contribution in [3.8, 4) is 0 Å². The number of aryl methyl sites for hydroxylation is 2. The summed E-state index contributed by atoms with van der Waals surface area (Å²) in [7, 11) is -3.45. The molecule has 2 aromatic rings. The maximum Gasteiger partial charge on any atom is 0.240 e. The van der Waals surface area contributed by atoms with Gasteiger partial charge in [0, 0.05) is 43.4 Å². The third-order valence-electron chi connectivity index (χ3n) is 5.14. The molecule has 0 saturated carbocycles. The van der Waals surface area contributed by atoms with Gasteiger partial charge in [-0.1, -0.05) is 23.7 Å². The van der Waals surface area contributed by atoms with E-state index in [4.69, 9.17) is 11.6 Å². The lowest BCUT2D eigenvalue weighted by molar-refractivity contribution is 0.255. The van der Waals surface area contributed by atoms with Crippen molar-refractivity contribution in [1.82, 2.24) is 9.62 Å². The van der Waals surface area contributed by atoms with Crippen molar-refractivity contribution in [2.45, 2.75) is 25.2 Å². The topological polar surface area (TPSA) is 52.7 Å². The zero-order chi connectivity index (χ0) is 20.1. The molecule has 1 aliphatic heterocycles. The molecular formula is C21H28ClN3O2S. The summed E-state index contributed by atoms with van der Waals surface area (Å²) in [5.41, 5.74) is 2.92. The molecule has 0 radical (unpaired) electrons. The second-order valence-electron chi connectivity index (χ2n) is 7.33. The first-order valence-corrected chi connectivity index (χ1v) is 11.5. The van der Waals surface area contributed by atoms with E-state index in [0.29, 0.717) is 11.4 Å². The van der Waals surface area contributed by atoms with Crippen LogP contribution in [0.1, 0.15) is 17.5 Å². The number of nitrogens with zero attached hydrogens (tertiary/aromatic N) is 2. The number of nitrogens with one attached hydrogen (secondary N) is 1. The van der Waals surface area contributed by atoms with Crippen molar-refractivity contribution in [3.63, 3.8) is 0 Å². The van der Waals surface area contributed by atoms with Gasteiger partial charge in [-0.2, -0.15) is 0 Å². The highest BCUT2D eigenvalue weighted by molar-refractivity contribution is 7.89. The SMILES string of the molecule is Cc1ccc(C)c(S(=O)(=O)NCCCN2CCN(c3ccc(Cl)cc3)CC2)c1. The Morgan fingerprint density at radius 3 is 2.36 bits per heavy atom. The normalized spacial score (nSPS) is 15.8. The second-order valence-corrected chi connectivity index (χ2v) is 9.50. The average Bonchev–Trinajstić information content (AvgIpc) is 2.68. The number of rotatable bonds is 7. The highest BCUT2D eigenvalue weighted by atomic mass is 35.5. The van der Waals surface area contributed by atoms with Crippen LogP contribution in [0.2, 0.25) is 5.02 Å². The van der Waals surface area contributed by atoms with Crippen LogP contribution in [0.15, 0.2) is 47.4 Å². The zero-order valence-electron chi connectivity index (χ0n) is 16.5. The summed E-state index contributed by atoms with van der Waals surface area (Å²) in [5, 5.41) is 0.755. The van der Waals surface area contributed by atoms with E-state index in [-0.39, 0.29) is 0 Å². The van der Waals surface area contributed by atoms with Crippen LogP contribution in [0.4, 0.5) is 5.69 Å². The Morgan fingerprint density at radius 1 is 1.00 bits per heavy atom. The molecule has 7 heteroatoms. The summed E-state index contributed by atoms with van der Waals surface area (Å²) < 4.78 is 27.8. The van der Waals surface area contributed by atoms with E-state index in [2.05, 4.69) is 26.7 Å². The zero-order valence-corrected chi connectivity index (χ0v) is 18.1. The summed E-state index contributed by atoms with van der Waals surface area (Å²) in [6, 6.07) is 13.5. The van der Waals surface area contributed by atoms with Gasteiger partial charge in [-0.25, -0.2) is 13.1 Å². The van der Waals surface area contributed by atoms with Crippen LogP contribution in [-0.4, -0.2) is 52.6 Å². The van der Waals surface area contributed by atoms with Crippen LogP contribution in [0.5, 0.6) is 0 Å². The molecule has 3 rings (SSSR count). The van der Waals surface area contributed by atoms with Crippen molar-refractivity contribution in [2.75, 3.05) is 44.2 Å². The Labute approximate surface area is 173 Å². The average molecular weight is 422 g/mol. The molecule has 1 heterocycles. The van der Waals surface area contributed by atoms with Crippen LogP contribution < -0.4 is 9.62 Å². The quantitative estimate of drug-likeness (QED) is 0.696. The number of hydrogen-bond donors (Lipinski definition) is 1. The number of anilines is 1. The molecule has 0 amide bonds.